The van der Waals surface area contributed by atoms with E-state index in [2.05, 4.69) is 20.3 Å². The van der Waals surface area contributed by atoms with Crippen LogP contribution in [0.25, 0.3) is 0 Å². The number of likely N-dealkylation sites (N-methyl/N-ethyl adjacent to an activating group) is 1. The highest BCUT2D eigenvalue weighted by Crippen LogP contribution is 2.08. The fourth-order valence-electron chi connectivity index (χ4n) is 1.55. The Labute approximate surface area is 98.5 Å². The fourth-order valence-corrected chi connectivity index (χ4v) is 1.55. The summed E-state index contributed by atoms with van der Waals surface area (Å²) in [6, 6.07) is 1.47. The first-order chi connectivity index (χ1) is 8.18. The second-order valence-electron chi connectivity index (χ2n) is 3.79. The summed E-state index contributed by atoms with van der Waals surface area (Å²) in [7, 11) is 1.73. The minimum atomic E-state index is -0.321. The normalized spacial score (nSPS) is 12.4. The molecular weight excluding hydrogens is 220 g/mol. The summed E-state index contributed by atoms with van der Waals surface area (Å²) in [6.07, 6.45) is 4.84. The first kappa shape index (κ1) is 11.3. The molecule has 0 fully saturated rings. The fraction of sp³-hybridized carbons (Fsp3) is 0.400. The molecule has 0 aliphatic rings. The molecule has 7 heteroatoms. The third-order valence-corrected chi connectivity index (χ3v) is 2.51. The van der Waals surface area contributed by atoms with Crippen LogP contribution in [-0.4, -0.2) is 42.8 Å². The number of hydrogen-bond acceptors (Lipinski definition) is 4. The van der Waals surface area contributed by atoms with E-state index in [0.717, 1.165) is 0 Å². The molecule has 0 bridgehead atoms. The topological polar surface area (TPSA) is 79.7 Å². The highest BCUT2D eigenvalue weighted by molar-refractivity contribution is 5.79. The first-order valence-corrected chi connectivity index (χ1v) is 5.27. The van der Waals surface area contributed by atoms with Crippen LogP contribution in [0, 0.1) is 0 Å². The Morgan fingerprint density at radius 3 is 3.06 bits per heavy atom. The van der Waals surface area contributed by atoms with Crippen molar-refractivity contribution < 1.29 is 4.79 Å². The lowest BCUT2D eigenvalue weighted by Crippen LogP contribution is -2.33. The van der Waals surface area contributed by atoms with Crippen LogP contribution in [0.3, 0.4) is 0 Å². The summed E-state index contributed by atoms with van der Waals surface area (Å²) in [5.41, 5.74) is 0. The van der Waals surface area contributed by atoms with Gasteiger partial charge in [-0.25, -0.2) is 4.98 Å². The van der Waals surface area contributed by atoms with Crippen molar-refractivity contribution in [3.05, 3.63) is 30.6 Å². The number of aromatic amines is 1. The molecule has 0 radical (unpaired) electrons. The molecule has 0 aliphatic carbocycles. The van der Waals surface area contributed by atoms with E-state index in [1.807, 2.05) is 6.92 Å². The maximum Gasteiger partial charge on any atom is 0.247 e. The van der Waals surface area contributed by atoms with Gasteiger partial charge in [-0.2, -0.15) is 10.2 Å². The second kappa shape index (κ2) is 4.77. The summed E-state index contributed by atoms with van der Waals surface area (Å²) in [4.78, 5) is 17.6. The average Bonchev–Trinajstić information content (AvgIpc) is 2.99. The number of nitrogens with zero attached hydrogens (tertiary/aromatic N) is 5. The van der Waals surface area contributed by atoms with Gasteiger partial charge in [0.1, 0.15) is 18.2 Å². The maximum atomic E-state index is 12.1. The molecule has 2 aromatic rings. The van der Waals surface area contributed by atoms with E-state index in [0.29, 0.717) is 12.4 Å². The Hall–Kier alpha value is -2.18. The molecule has 1 N–H and O–H groups in total. The molecule has 0 saturated heterocycles. The number of carbonyl (C=O) groups excluding carboxylic acids is 1. The smallest absolute Gasteiger partial charge is 0.247 e. The molecule has 90 valence electrons. The van der Waals surface area contributed by atoms with Crippen LogP contribution in [0.4, 0.5) is 0 Å². The van der Waals surface area contributed by atoms with Crippen molar-refractivity contribution in [1.82, 2.24) is 29.9 Å². The van der Waals surface area contributed by atoms with Gasteiger partial charge in [0.25, 0.3) is 0 Å². The van der Waals surface area contributed by atoms with E-state index < -0.39 is 0 Å². The Morgan fingerprint density at radius 1 is 1.65 bits per heavy atom. The number of H-pyrrole nitrogens is 1. The van der Waals surface area contributed by atoms with Gasteiger partial charge in [-0.15, -0.1) is 0 Å². The van der Waals surface area contributed by atoms with Crippen molar-refractivity contribution in [3.63, 3.8) is 0 Å². The lowest BCUT2D eigenvalue weighted by molar-refractivity contribution is -0.133. The molecule has 0 aliphatic heterocycles. The van der Waals surface area contributed by atoms with E-state index in [1.54, 1.807) is 35.1 Å². The SMILES string of the molecule is CC(C(=O)N(C)Cc1ncn[nH]1)n1cccn1. The van der Waals surface area contributed by atoms with Crippen LogP contribution in [0.15, 0.2) is 24.8 Å². The molecule has 17 heavy (non-hydrogen) atoms. The standard InChI is InChI=1S/C10H14N6O/c1-8(16-5-3-4-13-16)10(17)15(2)6-9-11-7-12-14-9/h3-5,7-8H,6H2,1-2H3,(H,11,12,14). The van der Waals surface area contributed by atoms with Crippen molar-refractivity contribution in [3.8, 4) is 0 Å². The summed E-state index contributed by atoms with van der Waals surface area (Å²) in [6.45, 7) is 2.22. The van der Waals surface area contributed by atoms with Crippen LogP contribution in [0.2, 0.25) is 0 Å². The molecule has 0 saturated carbocycles. The van der Waals surface area contributed by atoms with E-state index in [-0.39, 0.29) is 11.9 Å². The van der Waals surface area contributed by atoms with Crippen molar-refractivity contribution in [2.75, 3.05) is 7.05 Å². The molecule has 2 heterocycles. The molecule has 1 atom stereocenters. The van der Waals surface area contributed by atoms with Gasteiger partial charge in [-0.3, -0.25) is 14.6 Å². The van der Waals surface area contributed by atoms with E-state index >= 15 is 0 Å². The van der Waals surface area contributed by atoms with Gasteiger partial charge in [0.05, 0.1) is 6.54 Å². The number of nitrogens with one attached hydrogen (secondary N) is 1. The third-order valence-electron chi connectivity index (χ3n) is 2.51. The Morgan fingerprint density at radius 2 is 2.47 bits per heavy atom. The number of carbonyl (C=O) groups is 1. The second-order valence-corrected chi connectivity index (χ2v) is 3.79. The summed E-state index contributed by atoms with van der Waals surface area (Å²) in [5.74, 6) is 0.638. The van der Waals surface area contributed by atoms with Crippen molar-refractivity contribution in [2.24, 2.45) is 0 Å². The largest absolute Gasteiger partial charge is 0.336 e. The number of rotatable bonds is 4. The highest BCUT2D eigenvalue weighted by Gasteiger charge is 2.19. The quantitative estimate of drug-likeness (QED) is 0.820. The zero-order valence-corrected chi connectivity index (χ0v) is 9.74. The third kappa shape index (κ3) is 2.49. The predicted molar refractivity (Wildman–Crippen MR) is 59.8 cm³/mol. The van der Waals surface area contributed by atoms with Crippen LogP contribution in [0.5, 0.6) is 0 Å². The molecule has 7 nitrogen and oxygen atoms in total. The Kier molecular flexibility index (Phi) is 3.17. The number of hydrogen-bond donors (Lipinski definition) is 1. The van der Waals surface area contributed by atoms with Gasteiger partial charge in [-0.1, -0.05) is 0 Å². The summed E-state index contributed by atoms with van der Waals surface area (Å²) in [5, 5.41) is 10.5. The van der Waals surface area contributed by atoms with Crippen LogP contribution in [-0.2, 0) is 11.3 Å². The average molecular weight is 234 g/mol. The Bertz CT molecular complexity index is 463. The minimum Gasteiger partial charge on any atom is -0.336 e. The maximum absolute atomic E-state index is 12.1. The van der Waals surface area contributed by atoms with Crippen LogP contribution >= 0.6 is 0 Å². The first-order valence-electron chi connectivity index (χ1n) is 5.27. The lowest BCUT2D eigenvalue weighted by atomic mass is 10.3. The van der Waals surface area contributed by atoms with E-state index in [4.69, 9.17) is 0 Å². The summed E-state index contributed by atoms with van der Waals surface area (Å²) < 4.78 is 1.62. The van der Waals surface area contributed by atoms with Gasteiger partial charge < -0.3 is 4.90 Å². The van der Waals surface area contributed by atoms with Gasteiger partial charge in [0, 0.05) is 19.4 Å². The van der Waals surface area contributed by atoms with E-state index in [9.17, 15) is 4.79 Å². The lowest BCUT2D eigenvalue weighted by Gasteiger charge is -2.20. The molecule has 0 aromatic carbocycles. The minimum absolute atomic E-state index is 0.0231. The highest BCUT2D eigenvalue weighted by atomic mass is 16.2. The predicted octanol–water partition coefficient (Wildman–Crippen LogP) is 0.221. The summed E-state index contributed by atoms with van der Waals surface area (Å²) >= 11 is 0. The van der Waals surface area contributed by atoms with Crippen molar-refractivity contribution in [2.45, 2.75) is 19.5 Å². The molecule has 1 unspecified atom stereocenters. The number of aromatic nitrogens is 5. The number of amides is 1. The molecule has 2 aromatic heterocycles. The molecule has 1 amide bonds. The zero-order chi connectivity index (χ0) is 12.3. The van der Waals surface area contributed by atoms with Crippen LogP contribution in [0.1, 0.15) is 18.8 Å². The van der Waals surface area contributed by atoms with Crippen molar-refractivity contribution in [1.29, 1.82) is 0 Å². The monoisotopic (exact) mass is 234 g/mol. The van der Waals surface area contributed by atoms with E-state index in [1.165, 1.54) is 6.33 Å². The van der Waals surface area contributed by atoms with Gasteiger partial charge >= 0.3 is 0 Å². The van der Waals surface area contributed by atoms with Gasteiger partial charge in [-0.05, 0) is 13.0 Å². The van der Waals surface area contributed by atoms with Gasteiger partial charge in [0.2, 0.25) is 5.91 Å². The molecule has 0 spiro atoms. The molecular formula is C10H14N6O. The van der Waals surface area contributed by atoms with Crippen LogP contribution < -0.4 is 0 Å². The van der Waals surface area contributed by atoms with Crippen molar-refractivity contribution >= 4 is 5.91 Å². The van der Waals surface area contributed by atoms with Gasteiger partial charge in [0.15, 0.2) is 0 Å². The zero-order valence-electron chi connectivity index (χ0n) is 9.74. The molecule has 2 rings (SSSR count). The Balaban J connectivity index is 2.00.